The number of aliphatic carboxylic acids is 2. The molecular weight excluding hydrogens is 786 g/mol. The van der Waals surface area contributed by atoms with Crippen molar-refractivity contribution >= 4 is 59.2 Å². The van der Waals surface area contributed by atoms with Crippen molar-refractivity contribution in [2.45, 2.75) is 121 Å². The molecule has 2 rings (SSSR count). The number of carboxylic acids is 2. The lowest BCUT2D eigenvalue weighted by molar-refractivity contribution is -0.142. The van der Waals surface area contributed by atoms with E-state index in [-0.39, 0.29) is 44.7 Å². The molecule has 0 aromatic heterocycles. The Labute approximate surface area is 347 Å². The van der Waals surface area contributed by atoms with E-state index >= 15 is 0 Å². The highest BCUT2D eigenvalue weighted by atomic mass is 16.4. The number of nitrogens with zero attached hydrogens (tertiary/aromatic N) is 1. The average molecular weight is 846 g/mol. The smallest absolute Gasteiger partial charge is 0.305 e. The number of hydrogen-bond acceptors (Lipinski definition) is 11. The fourth-order valence-electron chi connectivity index (χ4n) is 6.06. The van der Waals surface area contributed by atoms with Crippen molar-refractivity contribution in [1.82, 2.24) is 37.2 Å². The van der Waals surface area contributed by atoms with Crippen molar-refractivity contribution in [1.29, 1.82) is 0 Å². The van der Waals surface area contributed by atoms with Gasteiger partial charge in [-0.3, -0.25) is 48.1 Å². The average Bonchev–Trinajstić information content (AvgIpc) is 3.17. The normalized spacial score (nSPS) is 23.9. The van der Waals surface area contributed by atoms with Gasteiger partial charge in [0.25, 0.3) is 0 Å². The number of rotatable bonds is 16. The monoisotopic (exact) mass is 845 g/mol. The van der Waals surface area contributed by atoms with Gasteiger partial charge in [-0.1, -0.05) is 44.2 Å². The fraction of sp³-hybridized carbons (Fsp3) is 0.579. The molecule has 0 unspecified atom stereocenters. The number of nitrogens with one attached hydrogen (secondary N) is 7. The molecule has 332 valence electrons. The first-order valence-corrected chi connectivity index (χ1v) is 19.7. The van der Waals surface area contributed by atoms with Crippen LogP contribution in [0.2, 0.25) is 0 Å². The summed E-state index contributed by atoms with van der Waals surface area (Å²) in [5.41, 5.74) is 17.2. The molecular formula is C38H59N11O11. The van der Waals surface area contributed by atoms with Gasteiger partial charge in [-0.2, -0.15) is 0 Å². The molecule has 22 heteroatoms. The van der Waals surface area contributed by atoms with Gasteiger partial charge in [-0.15, -0.1) is 0 Å². The zero-order chi connectivity index (χ0) is 44.9. The molecule has 22 nitrogen and oxygen atoms in total. The van der Waals surface area contributed by atoms with E-state index in [2.05, 4.69) is 42.2 Å². The van der Waals surface area contributed by atoms with Crippen molar-refractivity contribution < 1.29 is 53.4 Å². The number of hydrogen-bond donors (Lipinski definition) is 12. The fourth-order valence-corrected chi connectivity index (χ4v) is 6.06. The van der Waals surface area contributed by atoms with E-state index < -0.39 is 121 Å². The molecule has 60 heavy (non-hydrogen) atoms. The van der Waals surface area contributed by atoms with Gasteiger partial charge in [0.05, 0.1) is 6.42 Å². The molecule has 1 saturated heterocycles. The minimum Gasteiger partial charge on any atom is -0.481 e. The summed E-state index contributed by atoms with van der Waals surface area (Å²) >= 11 is 0. The van der Waals surface area contributed by atoms with Crippen LogP contribution in [0.25, 0.3) is 0 Å². The molecule has 7 atom stereocenters. The van der Waals surface area contributed by atoms with E-state index in [1.165, 1.54) is 6.92 Å². The van der Waals surface area contributed by atoms with Crippen LogP contribution in [0.5, 0.6) is 0 Å². The van der Waals surface area contributed by atoms with E-state index in [0.29, 0.717) is 18.4 Å². The summed E-state index contributed by atoms with van der Waals surface area (Å²) < 4.78 is 0. The number of amides is 7. The maximum absolute atomic E-state index is 14.2. The predicted octanol–water partition coefficient (Wildman–Crippen LogP) is -3.17. The Morgan fingerprint density at radius 3 is 1.68 bits per heavy atom. The molecule has 1 aliphatic rings. The summed E-state index contributed by atoms with van der Waals surface area (Å²) in [6, 6.07) is -1.59. The number of carboxylic acid groups (broad SMARTS) is 2. The molecule has 15 N–H and O–H groups in total. The Hall–Kier alpha value is -6.32. The highest BCUT2D eigenvalue weighted by molar-refractivity contribution is 5.99. The predicted molar refractivity (Wildman–Crippen MR) is 216 cm³/mol. The first-order valence-electron chi connectivity index (χ1n) is 19.7. The van der Waals surface area contributed by atoms with E-state index in [1.807, 2.05) is 0 Å². The van der Waals surface area contributed by atoms with E-state index in [9.17, 15) is 53.4 Å². The third kappa shape index (κ3) is 17.7. The Balaban J connectivity index is 2.74. The van der Waals surface area contributed by atoms with Crippen LogP contribution in [0.3, 0.4) is 0 Å². The molecule has 1 aromatic carbocycles. The number of unbranched alkanes of at least 4 members (excludes halogenated alkanes) is 1. The van der Waals surface area contributed by atoms with Gasteiger partial charge in [0.2, 0.25) is 41.4 Å². The topological polar surface area (TPSA) is 369 Å². The van der Waals surface area contributed by atoms with Crippen LogP contribution in [0.1, 0.15) is 77.7 Å². The minimum absolute atomic E-state index is 0.0128. The van der Waals surface area contributed by atoms with Crippen LogP contribution in [0, 0.1) is 5.92 Å². The van der Waals surface area contributed by atoms with Gasteiger partial charge in [0.15, 0.2) is 5.96 Å². The molecule has 0 aliphatic carbocycles. The maximum atomic E-state index is 14.2. The number of benzene rings is 1. The van der Waals surface area contributed by atoms with Crippen LogP contribution in [0.15, 0.2) is 35.3 Å². The first kappa shape index (κ1) is 49.8. The van der Waals surface area contributed by atoms with Gasteiger partial charge in [-0.05, 0) is 63.5 Å². The second kappa shape index (κ2) is 25.2. The molecule has 0 bridgehead atoms. The maximum Gasteiger partial charge on any atom is 0.305 e. The van der Waals surface area contributed by atoms with Crippen molar-refractivity contribution in [3.63, 3.8) is 0 Å². The van der Waals surface area contributed by atoms with Gasteiger partial charge in [0.1, 0.15) is 42.3 Å². The molecule has 0 radical (unpaired) electrons. The van der Waals surface area contributed by atoms with Crippen molar-refractivity contribution in [3.8, 4) is 0 Å². The summed E-state index contributed by atoms with van der Waals surface area (Å²) in [5.74, 6) is -10.2. The lowest BCUT2D eigenvalue weighted by Gasteiger charge is -2.28. The van der Waals surface area contributed by atoms with Crippen LogP contribution < -0.4 is 54.4 Å². The quantitative estimate of drug-likeness (QED) is 0.0444. The number of aliphatic imine (C=N–C) groups is 1. The zero-order valence-electron chi connectivity index (χ0n) is 34.0. The number of carbonyl (C=O) groups excluding carboxylic acids is 7. The highest BCUT2D eigenvalue weighted by Crippen LogP contribution is 2.11. The standard InChI is InChI=1S/C38H59N11O11/c1-20(2)30-37(60)48-27(19-29(52)53)35(58)43-21(3)31(54)44-25(14-15-28(50)51)33(56)45-23(12-7-8-16-39)32(55)47-26(18-22-10-5-4-6-11-22)36(59)46-24(34(57)49-30)13-9-17-42-38(40)41/h4-6,10-11,20-21,23-27,30H,7-9,12-19,39H2,1-3H3,(H,43,58)(H,44,54)(H,45,56)(H,46,59)(H,47,55)(H,48,60)(H,49,57)(H,50,51)(H,52,53)(H4,40,41,42)/t21-,23-,24-,25-,26-,27-,30-/m0/s1. The molecule has 1 aliphatic heterocycles. The van der Waals surface area contributed by atoms with Crippen LogP contribution in [0.4, 0.5) is 0 Å². The molecule has 0 spiro atoms. The second-order valence-electron chi connectivity index (χ2n) is 14.7. The zero-order valence-corrected chi connectivity index (χ0v) is 34.0. The van der Waals surface area contributed by atoms with Crippen LogP contribution in [-0.4, -0.2) is 125 Å². The van der Waals surface area contributed by atoms with Gasteiger partial charge >= 0.3 is 11.9 Å². The third-order valence-corrected chi connectivity index (χ3v) is 9.36. The molecule has 1 fully saturated rings. The third-order valence-electron chi connectivity index (χ3n) is 9.36. The minimum atomic E-state index is -1.76. The lowest BCUT2D eigenvalue weighted by Crippen LogP contribution is -2.60. The van der Waals surface area contributed by atoms with E-state index in [1.54, 1.807) is 44.2 Å². The Morgan fingerprint density at radius 2 is 1.13 bits per heavy atom. The van der Waals surface area contributed by atoms with Crippen LogP contribution in [-0.2, 0) is 49.6 Å². The SMILES string of the molecule is CC(C)[C@@H]1NC(=O)[C@H](CCCN=C(N)N)NC(=O)[C@H](Cc2ccccc2)NC(=O)[C@H](CCCCN)NC(=O)[C@H](CCC(=O)O)NC(=O)[C@H](C)NC(=O)[C@H](CC(=O)O)NC1=O. The molecule has 0 saturated carbocycles. The van der Waals surface area contributed by atoms with Gasteiger partial charge < -0.3 is 64.6 Å². The second-order valence-corrected chi connectivity index (χ2v) is 14.7. The highest BCUT2D eigenvalue weighted by Gasteiger charge is 2.36. The summed E-state index contributed by atoms with van der Waals surface area (Å²) in [6.07, 6.45) is -1.17. The van der Waals surface area contributed by atoms with Crippen LogP contribution >= 0.6 is 0 Å². The van der Waals surface area contributed by atoms with E-state index in [0.717, 1.165) is 0 Å². The van der Waals surface area contributed by atoms with E-state index in [4.69, 9.17) is 17.2 Å². The molecule has 7 amide bonds. The van der Waals surface area contributed by atoms with Crippen molar-refractivity contribution in [2.24, 2.45) is 28.1 Å². The molecule has 1 aromatic rings. The number of guanidine groups is 1. The van der Waals surface area contributed by atoms with Crippen molar-refractivity contribution in [2.75, 3.05) is 13.1 Å². The number of nitrogens with two attached hydrogens (primary N) is 3. The van der Waals surface area contributed by atoms with Crippen molar-refractivity contribution in [3.05, 3.63) is 35.9 Å². The summed E-state index contributed by atoms with van der Waals surface area (Å²) in [5, 5.41) is 36.4. The van der Waals surface area contributed by atoms with Gasteiger partial charge in [0, 0.05) is 19.4 Å². The summed E-state index contributed by atoms with van der Waals surface area (Å²) in [7, 11) is 0. The summed E-state index contributed by atoms with van der Waals surface area (Å²) in [6.45, 7) is 4.66. The lowest BCUT2D eigenvalue weighted by atomic mass is 10.0. The summed E-state index contributed by atoms with van der Waals surface area (Å²) in [4.78, 5) is 124. The number of carbonyl (C=O) groups is 9. The Kier molecular flexibility index (Phi) is 20.9. The Bertz CT molecular complexity index is 1710. The molecule has 1 heterocycles. The first-order chi connectivity index (χ1) is 28.3. The largest absolute Gasteiger partial charge is 0.481 e. The Morgan fingerprint density at radius 1 is 0.633 bits per heavy atom. The van der Waals surface area contributed by atoms with Gasteiger partial charge in [-0.25, -0.2) is 0 Å².